The van der Waals surface area contributed by atoms with Gasteiger partial charge in [0, 0.05) is 39.0 Å². The molecule has 0 unspecified atom stereocenters. The number of halogens is 1. The summed E-state index contributed by atoms with van der Waals surface area (Å²) in [7, 11) is 4.21. The van der Waals surface area contributed by atoms with Crippen molar-refractivity contribution in [2.45, 2.75) is 32.3 Å². The van der Waals surface area contributed by atoms with Crippen molar-refractivity contribution in [3.8, 4) is 5.75 Å². The number of likely N-dealkylation sites (tertiary alicyclic amines) is 1. The minimum Gasteiger partial charge on any atom is -0.490 e. The van der Waals surface area contributed by atoms with Crippen LogP contribution in [-0.2, 0) is 0 Å². The lowest BCUT2D eigenvalue weighted by Crippen LogP contribution is -2.47. The summed E-state index contributed by atoms with van der Waals surface area (Å²) in [6.45, 7) is 6.98. The smallest absolute Gasteiger partial charge is 0.193 e. The van der Waals surface area contributed by atoms with Gasteiger partial charge in [0.05, 0.1) is 0 Å². The molecule has 1 saturated heterocycles. The summed E-state index contributed by atoms with van der Waals surface area (Å²) < 4.78 is 6.08. The average molecular weight is 460 g/mol. The van der Waals surface area contributed by atoms with Crippen molar-refractivity contribution >= 4 is 29.9 Å². The van der Waals surface area contributed by atoms with Crippen LogP contribution < -0.4 is 10.1 Å². The Morgan fingerprint density at radius 2 is 1.92 bits per heavy atom. The van der Waals surface area contributed by atoms with Crippen molar-refractivity contribution in [3.05, 3.63) is 30.3 Å². The SMILES string of the molecule is CCNC(=NCCCN(C)C)N1CCC(Oc2ccccc2)CC1.I. The van der Waals surface area contributed by atoms with Gasteiger partial charge in [-0.1, -0.05) is 18.2 Å². The van der Waals surface area contributed by atoms with Crippen LogP contribution in [0, 0.1) is 0 Å². The van der Waals surface area contributed by atoms with E-state index < -0.39 is 0 Å². The van der Waals surface area contributed by atoms with E-state index in [2.05, 4.69) is 36.1 Å². The molecule has 6 heteroatoms. The Bertz CT molecular complexity index is 487. The molecule has 1 N–H and O–H groups in total. The number of ether oxygens (including phenoxy) is 1. The van der Waals surface area contributed by atoms with E-state index in [0.29, 0.717) is 6.10 Å². The van der Waals surface area contributed by atoms with E-state index in [4.69, 9.17) is 9.73 Å². The zero-order valence-electron chi connectivity index (χ0n) is 15.8. The predicted molar refractivity (Wildman–Crippen MR) is 116 cm³/mol. The van der Waals surface area contributed by atoms with Crippen molar-refractivity contribution in [2.75, 3.05) is 46.8 Å². The van der Waals surface area contributed by atoms with Gasteiger partial charge in [-0.15, -0.1) is 24.0 Å². The summed E-state index contributed by atoms with van der Waals surface area (Å²) in [6.07, 6.45) is 3.48. The highest BCUT2D eigenvalue weighted by molar-refractivity contribution is 14.0. The van der Waals surface area contributed by atoms with Crippen molar-refractivity contribution in [2.24, 2.45) is 4.99 Å². The summed E-state index contributed by atoms with van der Waals surface area (Å²) in [6, 6.07) is 10.1. The Kier molecular flexibility index (Phi) is 10.9. The molecule has 1 aliphatic heterocycles. The molecule has 0 aromatic heterocycles. The van der Waals surface area contributed by atoms with Gasteiger partial charge in [0.1, 0.15) is 11.9 Å². The van der Waals surface area contributed by atoms with Gasteiger partial charge in [-0.2, -0.15) is 0 Å². The summed E-state index contributed by atoms with van der Waals surface area (Å²) in [5.74, 6) is 2.02. The van der Waals surface area contributed by atoms with E-state index in [1.165, 1.54) is 0 Å². The first-order valence-electron chi connectivity index (χ1n) is 9.08. The molecule has 2 rings (SSSR count). The van der Waals surface area contributed by atoms with Gasteiger partial charge < -0.3 is 19.9 Å². The normalized spacial score (nSPS) is 15.8. The summed E-state index contributed by atoms with van der Waals surface area (Å²) in [4.78, 5) is 9.35. The molecule has 1 heterocycles. The number of hydrogen-bond acceptors (Lipinski definition) is 3. The molecule has 142 valence electrons. The second-order valence-electron chi connectivity index (χ2n) is 6.51. The van der Waals surface area contributed by atoms with E-state index in [0.717, 1.165) is 63.7 Å². The Morgan fingerprint density at radius 1 is 1.24 bits per heavy atom. The van der Waals surface area contributed by atoms with Crippen LogP contribution in [-0.4, -0.2) is 68.7 Å². The highest BCUT2D eigenvalue weighted by atomic mass is 127. The third-order valence-electron chi connectivity index (χ3n) is 4.15. The van der Waals surface area contributed by atoms with Crippen LogP contribution in [0.5, 0.6) is 5.75 Å². The van der Waals surface area contributed by atoms with Gasteiger partial charge in [0.25, 0.3) is 0 Å². The lowest BCUT2D eigenvalue weighted by Gasteiger charge is -2.34. The highest BCUT2D eigenvalue weighted by Gasteiger charge is 2.22. The van der Waals surface area contributed by atoms with E-state index in [9.17, 15) is 0 Å². The van der Waals surface area contributed by atoms with Crippen LogP contribution in [0.1, 0.15) is 26.2 Å². The van der Waals surface area contributed by atoms with E-state index in [1.807, 2.05) is 30.3 Å². The third-order valence-corrected chi connectivity index (χ3v) is 4.15. The predicted octanol–water partition coefficient (Wildman–Crippen LogP) is 3.07. The lowest BCUT2D eigenvalue weighted by molar-refractivity contribution is 0.129. The van der Waals surface area contributed by atoms with Crippen LogP contribution in [0.2, 0.25) is 0 Å². The van der Waals surface area contributed by atoms with Gasteiger partial charge in [-0.3, -0.25) is 4.99 Å². The summed E-state index contributed by atoms with van der Waals surface area (Å²) >= 11 is 0. The van der Waals surface area contributed by atoms with Crippen molar-refractivity contribution in [3.63, 3.8) is 0 Å². The number of aliphatic imine (C=N–C) groups is 1. The second kappa shape index (κ2) is 12.4. The monoisotopic (exact) mass is 460 g/mol. The van der Waals surface area contributed by atoms with E-state index in [1.54, 1.807) is 0 Å². The maximum Gasteiger partial charge on any atom is 0.193 e. The number of rotatable bonds is 7. The van der Waals surface area contributed by atoms with E-state index in [-0.39, 0.29) is 24.0 Å². The molecule has 1 aromatic rings. The number of nitrogens with one attached hydrogen (secondary N) is 1. The first-order valence-corrected chi connectivity index (χ1v) is 9.08. The minimum atomic E-state index is 0. The topological polar surface area (TPSA) is 40.1 Å². The maximum atomic E-state index is 6.08. The zero-order chi connectivity index (χ0) is 17.2. The highest BCUT2D eigenvalue weighted by Crippen LogP contribution is 2.18. The molecule has 0 amide bonds. The van der Waals surface area contributed by atoms with Crippen LogP contribution in [0.4, 0.5) is 0 Å². The van der Waals surface area contributed by atoms with Crippen LogP contribution >= 0.6 is 24.0 Å². The molecule has 25 heavy (non-hydrogen) atoms. The van der Waals surface area contributed by atoms with Gasteiger partial charge in [0.15, 0.2) is 5.96 Å². The molecular weight excluding hydrogens is 427 g/mol. The fraction of sp³-hybridized carbons (Fsp3) is 0.632. The maximum absolute atomic E-state index is 6.08. The van der Waals surface area contributed by atoms with Crippen LogP contribution in [0.15, 0.2) is 35.3 Å². The van der Waals surface area contributed by atoms with Crippen molar-refractivity contribution in [1.82, 2.24) is 15.1 Å². The molecule has 0 radical (unpaired) electrons. The number of nitrogens with zero attached hydrogens (tertiary/aromatic N) is 3. The van der Waals surface area contributed by atoms with Gasteiger partial charge >= 0.3 is 0 Å². The number of piperidine rings is 1. The van der Waals surface area contributed by atoms with Crippen LogP contribution in [0.25, 0.3) is 0 Å². The molecule has 0 bridgehead atoms. The Balaban J connectivity index is 0.00000312. The van der Waals surface area contributed by atoms with E-state index >= 15 is 0 Å². The van der Waals surface area contributed by atoms with Gasteiger partial charge in [0.2, 0.25) is 0 Å². The number of para-hydroxylation sites is 1. The molecule has 0 aliphatic carbocycles. The quantitative estimate of drug-likeness (QED) is 0.294. The molecule has 1 fully saturated rings. The standard InChI is InChI=1S/C19H32N4O.HI/c1-4-20-19(21-13-8-14-22(2)3)23-15-11-18(12-16-23)24-17-9-6-5-7-10-17;/h5-7,9-10,18H,4,8,11-16H2,1-3H3,(H,20,21);1H. The Morgan fingerprint density at radius 3 is 2.52 bits per heavy atom. The fourth-order valence-corrected chi connectivity index (χ4v) is 2.87. The summed E-state index contributed by atoms with van der Waals surface area (Å²) in [5, 5.41) is 3.43. The molecule has 1 aliphatic rings. The molecular formula is C19H33IN4O. The van der Waals surface area contributed by atoms with Crippen molar-refractivity contribution < 1.29 is 4.74 Å². The largest absolute Gasteiger partial charge is 0.490 e. The first-order chi connectivity index (χ1) is 11.7. The number of benzene rings is 1. The molecule has 0 atom stereocenters. The molecule has 5 nitrogen and oxygen atoms in total. The fourth-order valence-electron chi connectivity index (χ4n) is 2.87. The number of guanidine groups is 1. The van der Waals surface area contributed by atoms with Gasteiger partial charge in [-0.25, -0.2) is 0 Å². The second-order valence-corrected chi connectivity index (χ2v) is 6.51. The first kappa shape index (κ1) is 22.0. The molecule has 0 spiro atoms. The molecule has 0 saturated carbocycles. The Labute approximate surface area is 169 Å². The Hall–Kier alpha value is -1.02. The minimum absolute atomic E-state index is 0. The van der Waals surface area contributed by atoms with Crippen molar-refractivity contribution in [1.29, 1.82) is 0 Å². The molecule has 1 aromatic carbocycles. The third kappa shape index (κ3) is 8.27. The van der Waals surface area contributed by atoms with Gasteiger partial charge in [-0.05, 0) is 46.1 Å². The zero-order valence-corrected chi connectivity index (χ0v) is 18.1. The average Bonchev–Trinajstić information content (AvgIpc) is 2.59. The lowest BCUT2D eigenvalue weighted by atomic mass is 10.1. The summed E-state index contributed by atoms with van der Waals surface area (Å²) in [5.41, 5.74) is 0. The number of hydrogen-bond donors (Lipinski definition) is 1. The van der Waals surface area contributed by atoms with Crippen LogP contribution in [0.3, 0.4) is 0 Å².